The van der Waals surface area contributed by atoms with Crippen LogP contribution in [-0.4, -0.2) is 42.3 Å². The molecule has 2 N–H and O–H groups in total. The first kappa shape index (κ1) is 23.4. The van der Waals surface area contributed by atoms with Crippen LogP contribution in [0.5, 0.6) is 0 Å². The number of nitrogens with one attached hydrogen (secondary N) is 1. The highest BCUT2D eigenvalue weighted by molar-refractivity contribution is 6.04. The lowest BCUT2D eigenvalue weighted by Crippen LogP contribution is -2.42. The van der Waals surface area contributed by atoms with Gasteiger partial charge in [-0.05, 0) is 56.5 Å². The summed E-state index contributed by atoms with van der Waals surface area (Å²) in [4.78, 5) is 21.3. The number of aliphatic hydroxyl groups is 1. The highest BCUT2D eigenvalue weighted by atomic mass is 19.4. The molecule has 178 valence electrons. The number of alkyl halides is 3. The van der Waals surface area contributed by atoms with E-state index in [2.05, 4.69) is 20.4 Å². The molecule has 0 aliphatic carbocycles. The number of imidazole rings is 1. The van der Waals surface area contributed by atoms with Gasteiger partial charge < -0.3 is 14.9 Å². The van der Waals surface area contributed by atoms with E-state index in [1.807, 2.05) is 26.0 Å². The average Bonchev–Trinajstić information content (AvgIpc) is 3.40. The molecule has 0 spiro atoms. The first-order valence-electron chi connectivity index (χ1n) is 10.4. The Morgan fingerprint density at radius 1 is 1.21 bits per heavy atom. The molecule has 0 fully saturated rings. The number of amides is 1. The molecule has 34 heavy (non-hydrogen) atoms. The van der Waals surface area contributed by atoms with Gasteiger partial charge in [0.2, 0.25) is 11.7 Å². The van der Waals surface area contributed by atoms with E-state index in [1.165, 1.54) is 6.20 Å². The van der Waals surface area contributed by atoms with E-state index in [1.54, 1.807) is 28.8 Å². The van der Waals surface area contributed by atoms with Crippen molar-refractivity contribution in [2.45, 2.75) is 45.4 Å². The van der Waals surface area contributed by atoms with Gasteiger partial charge in [-0.15, -0.1) is 0 Å². The van der Waals surface area contributed by atoms with Crippen LogP contribution < -0.4 is 5.32 Å². The number of nitrogens with zero attached hydrogens (tertiary/aromatic N) is 4. The minimum Gasteiger partial charge on any atom is -0.381 e. The van der Waals surface area contributed by atoms with Gasteiger partial charge in [0.15, 0.2) is 5.60 Å². The number of fused-ring (bicyclic) bond motifs is 1. The van der Waals surface area contributed by atoms with Gasteiger partial charge in [-0.2, -0.15) is 18.2 Å². The number of halogens is 3. The highest BCUT2D eigenvalue weighted by Gasteiger charge is 2.49. The van der Waals surface area contributed by atoms with E-state index in [-0.39, 0.29) is 24.0 Å². The van der Waals surface area contributed by atoms with Crippen LogP contribution in [0.15, 0.2) is 47.2 Å². The SMILES string of the molecule is Cc1ccn2c(C(=O)Nc3cc(-c4noc(CC[C@](C)(O)C(F)(F)F)n4)ccc3C)cnc2c1. The first-order chi connectivity index (χ1) is 15.9. The third-order valence-corrected chi connectivity index (χ3v) is 5.55. The molecule has 3 heterocycles. The minimum absolute atomic E-state index is 0.0355. The molecule has 0 unspecified atom stereocenters. The molecule has 0 bridgehead atoms. The topological polar surface area (TPSA) is 106 Å². The number of rotatable bonds is 6. The van der Waals surface area contributed by atoms with Gasteiger partial charge in [0.1, 0.15) is 11.3 Å². The van der Waals surface area contributed by atoms with Crippen LogP contribution >= 0.6 is 0 Å². The Morgan fingerprint density at radius 3 is 2.71 bits per heavy atom. The molecule has 8 nitrogen and oxygen atoms in total. The van der Waals surface area contributed by atoms with Crippen LogP contribution in [0.1, 0.15) is 40.9 Å². The van der Waals surface area contributed by atoms with Crippen molar-refractivity contribution < 1.29 is 27.6 Å². The summed E-state index contributed by atoms with van der Waals surface area (Å²) in [5.74, 6) is -0.242. The van der Waals surface area contributed by atoms with Crippen molar-refractivity contribution in [2.24, 2.45) is 0 Å². The van der Waals surface area contributed by atoms with Gasteiger partial charge in [0.05, 0.1) is 6.20 Å². The lowest BCUT2D eigenvalue weighted by Gasteiger charge is -2.25. The number of hydrogen-bond acceptors (Lipinski definition) is 6. The zero-order chi connectivity index (χ0) is 24.7. The zero-order valence-corrected chi connectivity index (χ0v) is 18.6. The van der Waals surface area contributed by atoms with E-state index in [0.717, 1.165) is 11.1 Å². The smallest absolute Gasteiger partial charge is 0.381 e. The maximum Gasteiger partial charge on any atom is 0.416 e. The third-order valence-electron chi connectivity index (χ3n) is 5.55. The molecule has 0 saturated heterocycles. The molecule has 1 aromatic carbocycles. The number of pyridine rings is 1. The van der Waals surface area contributed by atoms with Gasteiger partial charge in [0, 0.05) is 23.9 Å². The van der Waals surface area contributed by atoms with Crippen molar-refractivity contribution in [3.8, 4) is 11.4 Å². The van der Waals surface area contributed by atoms with Crippen molar-refractivity contribution >= 4 is 17.2 Å². The maximum absolute atomic E-state index is 12.9. The number of benzene rings is 1. The summed E-state index contributed by atoms with van der Waals surface area (Å²) >= 11 is 0. The summed E-state index contributed by atoms with van der Waals surface area (Å²) in [6.45, 7) is 4.45. The summed E-state index contributed by atoms with van der Waals surface area (Å²) < 4.78 is 45.3. The molecule has 4 rings (SSSR count). The van der Waals surface area contributed by atoms with Crippen LogP contribution in [0.25, 0.3) is 17.0 Å². The van der Waals surface area contributed by atoms with E-state index >= 15 is 0 Å². The third kappa shape index (κ3) is 4.65. The molecule has 3 aromatic heterocycles. The van der Waals surface area contributed by atoms with Gasteiger partial charge in [-0.3, -0.25) is 9.20 Å². The fourth-order valence-electron chi connectivity index (χ4n) is 3.30. The normalized spacial score (nSPS) is 13.7. The second-order valence-electron chi connectivity index (χ2n) is 8.34. The Bertz CT molecular complexity index is 1360. The fourth-order valence-corrected chi connectivity index (χ4v) is 3.30. The molecular weight excluding hydrogens is 451 g/mol. The Kier molecular flexibility index (Phi) is 5.90. The van der Waals surface area contributed by atoms with Crippen LogP contribution in [0.2, 0.25) is 0 Å². The van der Waals surface area contributed by atoms with Gasteiger partial charge >= 0.3 is 6.18 Å². The summed E-state index contributed by atoms with van der Waals surface area (Å²) in [7, 11) is 0. The standard InChI is InChI=1S/C23H22F3N5O3/c1-13-7-9-31-17(12-27-18(31)10-13)21(32)28-16-11-15(5-4-14(16)2)20-29-19(34-30-20)6-8-22(3,33)23(24,25)26/h4-5,7,9-12,33H,6,8H2,1-3H3,(H,28,32)/t22-/m0/s1. The first-order valence-corrected chi connectivity index (χ1v) is 10.4. The maximum atomic E-state index is 12.9. The summed E-state index contributed by atoms with van der Waals surface area (Å²) in [5, 5.41) is 16.3. The lowest BCUT2D eigenvalue weighted by molar-refractivity contribution is -0.255. The molecule has 0 aliphatic heterocycles. The fraction of sp³-hybridized carbons (Fsp3) is 0.304. The highest BCUT2D eigenvalue weighted by Crippen LogP contribution is 2.33. The van der Waals surface area contributed by atoms with E-state index in [4.69, 9.17) is 4.52 Å². The molecule has 1 atom stereocenters. The second-order valence-corrected chi connectivity index (χ2v) is 8.34. The second kappa shape index (κ2) is 8.56. The molecule has 0 saturated carbocycles. The Morgan fingerprint density at radius 2 is 1.97 bits per heavy atom. The van der Waals surface area contributed by atoms with Crippen LogP contribution in [0, 0.1) is 13.8 Å². The van der Waals surface area contributed by atoms with Crippen molar-refractivity contribution in [3.63, 3.8) is 0 Å². The average molecular weight is 473 g/mol. The summed E-state index contributed by atoms with van der Waals surface area (Å²) in [6, 6.07) is 8.86. The van der Waals surface area contributed by atoms with E-state index in [0.29, 0.717) is 29.5 Å². The molecule has 11 heteroatoms. The van der Waals surface area contributed by atoms with Crippen molar-refractivity contribution in [2.75, 3.05) is 5.32 Å². The van der Waals surface area contributed by atoms with Gasteiger partial charge in [0.25, 0.3) is 5.91 Å². The van der Waals surface area contributed by atoms with Crippen LogP contribution in [-0.2, 0) is 6.42 Å². The molecular formula is C23H22F3N5O3. The minimum atomic E-state index is -4.76. The van der Waals surface area contributed by atoms with Crippen LogP contribution in [0.3, 0.4) is 0 Å². The number of aromatic nitrogens is 4. The molecule has 1 amide bonds. The van der Waals surface area contributed by atoms with Crippen LogP contribution in [0.4, 0.5) is 18.9 Å². The predicted molar refractivity (Wildman–Crippen MR) is 117 cm³/mol. The quantitative estimate of drug-likeness (QED) is 0.427. The summed E-state index contributed by atoms with van der Waals surface area (Å²) in [6.07, 6.45) is -2.37. The van der Waals surface area contributed by atoms with E-state index < -0.39 is 18.2 Å². The Labute approximate surface area is 192 Å². The summed E-state index contributed by atoms with van der Waals surface area (Å²) in [5.41, 5.74) is 0.974. The van der Waals surface area contributed by atoms with Crippen molar-refractivity contribution in [3.05, 3.63) is 65.4 Å². The predicted octanol–water partition coefficient (Wildman–Crippen LogP) is 4.50. The number of anilines is 1. The van der Waals surface area contributed by atoms with E-state index in [9.17, 15) is 23.1 Å². The largest absolute Gasteiger partial charge is 0.416 e. The molecule has 0 radical (unpaired) electrons. The molecule has 4 aromatic rings. The van der Waals surface area contributed by atoms with Gasteiger partial charge in [-0.1, -0.05) is 17.3 Å². The number of carbonyl (C=O) groups is 1. The lowest BCUT2D eigenvalue weighted by atomic mass is 10.00. The monoisotopic (exact) mass is 473 g/mol. The van der Waals surface area contributed by atoms with Gasteiger partial charge in [-0.25, -0.2) is 4.98 Å². The zero-order valence-electron chi connectivity index (χ0n) is 18.6. The Hall–Kier alpha value is -3.73. The van der Waals surface area contributed by atoms with Crippen molar-refractivity contribution in [1.82, 2.24) is 19.5 Å². The van der Waals surface area contributed by atoms with Crippen molar-refractivity contribution in [1.29, 1.82) is 0 Å². The Balaban J connectivity index is 1.52. The number of aryl methyl sites for hydroxylation is 3. The number of hydrogen-bond donors (Lipinski definition) is 2. The molecule has 0 aliphatic rings. The number of carbonyl (C=O) groups excluding carboxylic acids is 1.